The number of benzene rings is 1. The minimum atomic E-state index is 0.379. The Hall–Kier alpha value is -0.690. The normalized spacial score (nSPS) is 9.94. The van der Waals surface area contributed by atoms with E-state index in [-0.39, 0.29) is 0 Å². The number of thiol groups is 1. The molecule has 0 spiro atoms. The second kappa shape index (κ2) is 7.68. The molecule has 2 aromatic rings. The molecule has 98 valence electrons. The van der Waals surface area contributed by atoms with Crippen LogP contribution in [0.1, 0.15) is 19.4 Å². The standard InChI is InChI=1S/C8H6N2S3.C4H11N/c9-7(11)4-2-1-3-5-6(4)10-8(12)13-5;1-3-5-4-2/h1-3H,(H2,9,11)(H,10,12);5H,3-4H2,1-2H3. The highest BCUT2D eigenvalue weighted by Gasteiger charge is 2.07. The highest BCUT2D eigenvalue weighted by Crippen LogP contribution is 2.26. The Morgan fingerprint density at radius 3 is 2.61 bits per heavy atom. The van der Waals surface area contributed by atoms with Gasteiger partial charge in [-0.3, -0.25) is 0 Å². The number of thiocarbonyl (C=S) groups is 1. The Morgan fingerprint density at radius 2 is 2.11 bits per heavy atom. The summed E-state index contributed by atoms with van der Waals surface area (Å²) in [6.07, 6.45) is 0. The van der Waals surface area contributed by atoms with E-state index in [4.69, 9.17) is 18.0 Å². The van der Waals surface area contributed by atoms with Gasteiger partial charge in [0.05, 0.1) is 10.2 Å². The van der Waals surface area contributed by atoms with Crippen molar-refractivity contribution in [1.82, 2.24) is 10.3 Å². The van der Waals surface area contributed by atoms with Gasteiger partial charge in [0.1, 0.15) is 9.33 Å². The van der Waals surface area contributed by atoms with Gasteiger partial charge in [-0.05, 0) is 25.2 Å². The van der Waals surface area contributed by atoms with Crippen molar-refractivity contribution in [2.24, 2.45) is 5.73 Å². The summed E-state index contributed by atoms with van der Waals surface area (Å²) in [7, 11) is 0. The summed E-state index contributed by atoms with van der Waals surface area (Å²) in [4.78, 5) is 4.63. The molecular formula is C12H17N3S3. The van der Waals surface area contributed by atoms with Crippen LogP contribution in [-0.4, -0.2) is 23.1 Å². The number of fused-ring (bicyclic) bond motifs is 1. The lowest BCUT2D eigenvalue weighted by Crippen LogP contribution is -2.09. The molecule has 0 saturated heterocycles. The molecule has 0 aliphatic heterocycles. The quantitative estimate of drug-likeness (QED) is 0.602. The summed E-state index contributed by atoms with van der Waals surface area (Å²) in [5.41, 5.74) is 7.24. The van der Waals surface area contributed by atoms with Crippen molar-refractivity contribution in [2.75, 3.05) is 13.1 Å². The summed E-state index contributed by atoms with van der Waals surface area (Å²) in [6.45, 7) is 6.39. The molecule has 1 heterocycles. The first-order valence-electron chi connectivity index (χ1n) is 5.69. The number of nitrogens with one attached hydrogen (secondary N) is 1. The molecule has 0 fully saturated rings. The maximum atomic E-state index is 5.56. The number of aromatic nitrogens is 1. The number of nitrogens with two attached hydrogens (primary N) is 1. The van der Waals surface area contributed by atoms with E-state index in [0.29, 0.717) is 4.99 Å². The summed E-state index contributed by atoms with van der Waals surface area (Å²) >= 11 is 10.6. The maximum absolute atomic E-state index is 5.56. The van der Waals surface area contributed by atoms with Gasteiger partial charge in [-0.15, -0.1) is 24.0 Å². The molecule has 0 unspecified atom stereocenters. The molecule has 6 heteroatoms. The van der Waals surface area contributed by atoms with E-state index < -0.39 is 0 Å². The predicted octanol–water partition coefficient (Wildman–Crippen LogP) is 2.84. The molecule has 1 aromatic heterocycles. The molecule has 2 rings (SSSR count). The van der Waals surface area contributed by atoms with Crippen molar-refractivity contribution in [3.63, 3.8) is 0 Å². The molecule has 1 aromatic carbocycles. The predicted molar refractivity (Wildman–Crippen MR) is 87.0 cm³/mol. The SMILES string of the molecule is CCNCC.NC(=S)c1cccc2sc(S)nc12. The molecular weight excluding hydrogens is 282 g/mol. The van der Waals surface area contributed by atoms with Crippen LogP contribution in [0.4, 0.5) is 0 Å². The van der Waals surface area contributed by atoms with Crippen molar-refractivity contribution < 1.29 is 0 Å². The van der Waals surface area contributed by atoms with Crippen LogP contribution in [0.5, 0.6) is 0 Å². The van der Waals surface area contributed by atoms with Gasteiger partial charge in [-0.2, -0.15) is 0 Å². The molecule has 0 saturated carbocycles. The minimum absolute atomic E-state index is 0.379. The fourth-order valence-corrected chi connectivity index (χ4v) is 2.68. The van der Waals surface area contributed by atoms with E-state index in [9.17, 15) is 0 Å². The number of para-hydroxylation sites is 1. The van der Waals surface area contributed by atoms with Crippen LogP contribution in [0.2, 0.25) is 0 Å². The first-order chi connectivity index (χ1) is 8.60. The van der Waals surface area contributed by atoms with Gasteiger partial charge < -0.3 is 11.1 Å². The zero-order valence-electron chi connectivity index (χ0n) is 10.4. The van der Waals surface area contributed by atoms with Crippen molar-refractivity contribution in [1.29, 1.82) is 0 Å². The summed E-state index contributed by atoms with van der Waals surface area (Å²) in [5, 5.41) is 3.11. The summed E-state index contributed by atoms with van der Waals surface area (Å²) < 4.78 is 1.80. The monoisotopic (exact) mass is 299 g/mol. The van der Waals surface area contributed by atoms with Crippen LogP contribution >= 0.6 is 36.2 Å². The molecule has 0 aliphatic rings. The molecule has 3 N–H and O–H groups in total. The molecule has 18 heavy (non-hydrogen) atoms. The zero-order chi connectivity index (χ0) is 13.5. The van der Waals surface area contributed by atoms with Gasteiger partial charge >= 0.3 is 0 Å². The van der Waals surface area contributed by atoms with Gasteiger partial charge in [0.2, 0.25) is 0 Å². The summed E-state index contributed by atoms with van der Waals surface area (Å²) in [5.74, 6) is 0. The Bertz CT molecular complexity index is 520. The fourth-order valence-electron chi connectivity index (χ4n) is 1.39. The third kappa shape index (κ3) is 4.20. The van der Waals surface area contributed by atoms with E-state index in [1.807, 2.05) is 18.2 Å². The number of nitrogens with zero attached hydrogens (tertiary/aromatic N) is 1. The van der Waals surface area contributed by atoms with Crippen molar-refractivity contribution in [3.8, 4) is 0 Å². The first kappa shape index (κ1) is 15.4. The number of thiazole rings is 1. The average molecular weight is 299 g/mol. The second-order valence-electron chi connectivity index (χ2n) is 3.47. The second-order valence-corrected chi connectivity index (χ2v) is 5.67. The Kier molecular flexibility index (Phi) is 6.56. The molecule has 0 atom stereocenters. The van der Waals surface area contributed by atoms with Gasteiger partial charge in [0, 0.05) is 5.56 Å². The number of rotatable bonds is 3. The van der Waals surface area contributed by atoms with Crippen LogP contribution in [-0.2, 0) is 0 Å². The van der Waals surface area contributed by atoms with Crippen molar-refractivity contribution >= 4 is 51.4 Å². The third-order valence-corrected chi connectivity index (χ3v) is 3.59. The van der Waals surface area contributed by atoms with E-state index in [0.717, 1.165) is 33.2 Å². The van der Waals surface area contributed by atoms with E-state index in [1.165, 1.54) is 11.3 Å². The van der Waals surface area contributed by atoms with E-state index in [1.54, 1.807) is 0 Å². The van der Waals surface area contributed by atoms with Gasteiger partial charge in [-0.1, -0.05) is 32.1 Å². The van der Waals surface area contributed by atoms with Crippen LogP contribution < -0.4 is 11.1 Å². The van der Waals surface area contributed by atoms with Crippen molar-refractivity contribution in [2.45, 2.75) is 18.2 Å². The molecule has 0 radical (unpaired) electrons. The van der Waals surface area contributed by atoms with Crippen LogP contribution in [0.15, 0.2) is 22.5 Å². The van der Waals surface area contributed by atoms with Crippen molar-refractivity contribution in [3.05, 3.63) is 23.8 Å². The molecule has 0 amide bonds. The van der Waals surface area contributed by atoms with Gasteiger partial charge in [0.15, 0.2) is 0 Å². The average Bonchev–Trinajstić information content (AvgIpc) is 2.70. The lowest BCUT2D eigenvalue weighted by Gasteiger charge is -1.97. The third-order valence-electron chi connectivity index (χ3n) is 2.17. The first-order valence-corrected chi connectivity index (χ1v) is 7.36. The molecule has 0 bridgehead atoms. The maximum Gasteiger partial charge on any atom is 0.148 e. The lowest BCUT2D eigenvalue weighted by atomic mass is 10.2. The van der Waals surface area contributed by atoms with Crippen LogP contribution in [0, 0.1) is 0 Å². The smallest absolute Gasteiger partial charge is 0.148 e. The van der Waals surface area contributed by atoms with E-state index in [2.05, 4.69) is 36.8 Å². The van der Waals surface area contributed by atoms with Gasteiger partial charge in [0.25, 0.3) is 0 Å². The Labute approximate surface area is 122 Å². The highest BCUT2D eigenvalue weighted by molar-refractivity contribution is 7.83. The lowest BCUT2D eigenvalue weighted by molar-refractivity contribution is 0.762. The summed E-state index contributed by atoms with van der Waals surface area (Å²) in [6, 6.07) is 5.77. The molecule has 3 nitrogen and oxygen atoms in total. The fraction of sp³-hybridized carbons (Fsp3) is 0.333. The Balaban J connectivity index is 0.000000280. The van der Waals surface area contributed by atoms with Crippen LogP contribution in [0.3, 0.4) is 0 Å². The van der Waals surface area contributed by atoms with Gasteiger partial charge in [-0.25, -0.2) is 4.98 Å². The Morgan fingerprint density at radius 1 is 1.44 bits per heavy atom. The zero-order valence-corrected chi connectivity index (χ0v) is 13.0. The number of hydrogen-bond acceptors (Lipinski definition) is 5. The molecule has 0 aliphatic carbocycles. The largest absolute Gasteiger partial charge is 0.389 e. The highest BCUT2D eigenvalue weighted by atomic mass is 32.2. The minimum Gasteiger partial charge on any atom is -0.389 e. The van der Waals surface area contributed by atoms with Crippen LogP contribution in [0.25, 0.3) is 10.2 Å². The van der Waals surface area contributed by atoms with E-state index >= 15 is 0 Å². The number of hydrogen-bond donors (Lipinski definition) is 3. The topological polar surface area (TPSA) is 50.9 Å².